The minimum Gasteiger partial charge on any atom is -0.382 e. The fourth-order valence-corrected chi connectivity index (χ4v) is 2.39. The van der Waals surface area contributed by atoms with E-state index in [1.807, 2.05) is 6.92 Å². The molecule has 1 rings (SSSR count). The summed E-state index contributed by atoms with van der Waals surface area (Å²) in [5.41, 5.74) is 6.09. The summed E-state index contributed by atoms with van der Waals surface area (Å²) >= 11 is 0. The Morgan fingerprint density at radius 3 is 2.88 bits per heavy atom. The van der Waals surface area contributed by atoms with Crippen LogP contribution in [0, 0.1) is 0 Å². The Kier molecular flexibility index (Phi) is 5.63. The molecular formula is C10H19N3O3S. The molecule has 0 radical (unpaired) electrons. The molecule has 98 valence electrons. The monoisotopic (exact) mass is 261 g/mol. The zero-order valence-electron chi connectivity index (χ0n) is 9.90. The van der Waals surface area contributed by atoms with Crippen LogP contribution in [0.25, 0.3) is 0 Å². The minimum absolute atomic E-state index is 0.217. The molecule has 1 aromatic heterocycles. The van der Waals surface area contributed by atoms with E-state index in [9.17, 15) is 8.42 Å². The molecule has 7 heteroatoms. The molecule has 4 N–H and O–H groups in total. The van der Waals surface area contributed by atoms with E-state index in [0.717, 1.165) is 0 Å². The van der Waals surface area contributed by atoms with Crippen molar-refractivity contribution in [2.45, 2.75) is 24.8 Å². The fourth-order valence-electron chi connectivity index (χ4n) is 1.30. The number of H-pyrrole nitrogens is 1. The highest BCUT2D eigenvalue weighted by Crippen LogP contribution is 2.09. The van der Waals surface area contributed by atoms with Crippen LogP contribution in [0.5, 0.6) is 0 Å². The van der Waals surface area contributed by atoms with E-state index in [1.165, 1.54) is 12.3 Å². The predicted octanol–water partition coefficient (Wildman–Crippen LogP) is 0.178. The first-order valence-corrected chi connectivity index (χ1v) is 7.03. The van der Waals surface area contributed by atoms with Crippen molar-refractivity contribution in [2.24, 2.45) is 5.73 Å². The van der Waals surface area contributed by atoms with E-state index >= 15 is 0 Å². The highest BCUT2D eigenvalue weighted by Gasteiger charge is 2.14. The van der Waals surface area contributed by atoms with Crippen molar-refractivity contribution in [1.29, 1.82) is 0 Å². The Hall–Kier alpha value is -0.890. The van der Waals surface area contributed by atoms with Gasteiger partial charge in [-0.3, -0.25) is 0 Å². The lowest BCUT2D eigenvalue weighted by atomic mass is 10.4. The number of hydrogen-bond donors (Lipinski definition) is 3. The van der Waals surface area contributed by atoms with Gasteiger partial charge in [0.05, 0.1) is 4.90 Å². The maximum absolute atomic E-state index is 11.8. The van der Waals surface area contributed by atoms with Gasteiger partial charge in [0.15, 0.2) is 0 Å². The number of rotatable bonds is 8. The highest BCUT2D eigenvalue weighted by molar-refractivity contribution is 7.89. The van der Waals surface area contributed by atoms with E-state index in [1.54, 1.807) is 0 Å². The van der Waals surface area contributed by atoms with Crippen molar-refractivity contribution in [3.8, 4) is 0 Å². The molecule has 0 aromatic carbocycles. The third-order valence-electron chi connectivity index (χ3n) is 2.21. The number of sulfonamides is 1. The van der Waals surface area contributed by atoms with Crippen molar-refractivity contribution in [3.05, 3.63) is 18.0 Å². The minimum atomic E-state index is -3.43. The van der Waals surface area contributed by atoms with Gasteiger partial charge in [-0.05, 0) is 19.4 Å². The summed E-state index contributed by atoms with van der Waals surface area (Å²) in [6.45, 7) is 3.76. The maximum atomic E-state index is 11.8. The number of nitrogens with one attached hydrogen (secondary N) is 2. The van der Waals surface area contributed by atoms with Crippen LogP contribution in [0.1, 0.15) is 19.0 Å². The molecule has 1 aromatic rings. The van der Waals surface area contributed by atoms with Gasteiger partial charge in [0, 0.05) is 38.2 Å². The van der Waals surface area contributed by atoms with Gasteiger partial charge in [0.25, 0.3) is 0 Å². The molecule has 6 nitrogen and oxygen atoms in total. The van der Waals surface area contributed by atoms with Crippen LogP contribution in [0.3, 0.4) is 0 Å². The van der Waals surface area contributed by atoms with Crippen LogP contribution in [-0.4, -0.2) is 33.2 Å². The van der Waals surface area contributed by atoms with E-state index in [-0.39, 0.29) is 4.90 Å². The average Bonchev–Trinajstić information content (AvgIpc) is 2.78. The van der Waals surface area contributed by atoms with Crippen LogP contribution in [0.15, 0.2) is 17.2 Å². The van der Waals surface area contributed by atoms with Crippen molar-refractivity contribution in [2.75, 3.05) is 19.8 Å². The molecule has 0 aliphatic heterocycles. The maximum Gasteiger partial charge on any atom is 0.242 e. The summed E-state index contributed by atoms with van der Waals surface area (Å²) in [5.74, 6) is 0. The molecule has 1 heterocycles. The van der Waals surface area contributed by atoms with Crippen LogP contribution in [0.4, 0.5) is 0 Å². The van der Waals surface area contributed by atoms with Gasteiger partial charge in [0.1, 0.15) is 0 Å². The van der Waals surface area contributed by atoms with Gasteiger partial charge in [-0.1, -0.05) is 0 Å². The van der Waals surface area contributed by atoms with Crippen LogP contribution < -0.4 is 10.5 Å². The summed E-state index contributed by atoms with van der Waals surface area (Å²) in [6.07, 6.45) is 2.09. The van der Waals surface area contributed by atoms with E-state index < -0.39 is 10.0 Å². The first kappa shape index (κ1) is 14.2. The van der Waals surface area contributed by atoms with Crippen molar-refractivity contribution < 1.29 is 13.2 Å². The molecule has 0 amide bonds. The number of nitrogens with two attached hydrogens (primary N) is 1. The first-order valence-electron chi connectivity index (χ1n) is 5.55. The van der Waals surface area contributed by atoms with Crippen LogP contribution in [0.2, 0.25) is 0 Å². The van der Waals surface area contributed by atoms with E-state index in [2.05, 4.69) is 9.71 Å². The standard InChI is InChI=1S/C10H19N3O3S/c1-2-16-5-3-4-13-17(14,15)10-6-9(7-11)12-8-10/h6,8,12-13H,2-5,7,11H2,1H3. The third kappa shape index (κ3) is 4.47. The summed E-state index contributed by atoms with van der Waals surface area (Å²) in [5, 5.41) is 0. The lowest BCUT2D eigenvalue weighted by molar-refractivity contribution is 0.146. The number of hydrogen-bond acceptors (Lipinski definition) is 4. The SMILES string of the molecule is CCOCCCNS(=O)(=O)c1c[nH]c(CN)c1. The van der Waals surface area contributed by atoms with Crippen molar-refractivity contribution in [3.63, 3.8) is 0 Å². The first-order chi connectivity index (χ1) is 8.10. The quantitative estimate of drug-likeness (QED) is 0.581. The van der Waals surface area contributed by atoms with Crippen molar-refractivity contribution >= 4 is 10.0 Å². The van der Waals surface area contributed by atoms with E-state index in [4.69, 9.17) is 10.5 Å². The number of aromatic amines is 1. The van der Waals surface area contributed by atoms with Crippen LogP contribution in [-0.2, 0) is 21.3 Å². The predicted molar refractivity (Wildman–Crippen MR) is 65.0 cm³/mol. The molecule has 0 atom stereocenters. The summed E-state index contributed by atoms with van der Waals surface area (Å²) in [7, 11) is -3.43. The smallest absolute Gasteiger partial charge is 0.242 e. The second-order valence-corrected chi connectivity index (χ2v) is 5.28. The average molecular weight is 261 g/mol. The van der Waals surface area contributed by atoms with E-state index in [0.29, 0.717) is 38.4 Å². The van der Waals surface area contributed by atoms with Gasteiger partial charge in [-0.2, -0.15) is 0 Å². The largest absolute Gasteiger partial charge is 0.382 e. The molecular weight excluding hydrogens is 242 g/mol. The third-order valence-corrected chi connectivity index (χ3v) is 3.65. The lowest BCUT2D eigenvalue weighted by Gasteiger charge is -2.04. The second-order valence-electron chi connectivity index (χ2n) is 3.51. The zero-order valence-corrected chi connectivity index (χ0v) is 10.7. The summed E-state index contributed by atoms with van der Waals surface area (Å²) in [6, 6.07) is 1.53. The molecule has 17 heavy (non-hydrogen) atoms. The number of aromatic nitrogens is 1. The Labute approximate surface area is 102 Å². The summed E-state index contributed by atoms with van der Waals surface area (Å²) < 4.78 is 31.2. The Balaban J connectivity index is 2.45. The Bertz CT molecular complexity index is 428. The molecule has 0 spiro atoms. The van der Waals surface area contributed by atoms with Gasteiger partial charge in [-0.15, -0.1) is 0 Å². The lowest BCUT2D eigenvalue weighted by Crippen LogP contribution is -2.25. The number of ether oxygens (including phenoxy) is 1. The highest BCUT2D eigenvalue weighted by atomic mass is 32.2. The van der Waals surface area contributed by atoms with Gasteiger partial charge < -0.3 is 15.5 Å². The molecule has 0 bridgehead atoms. The van der Waals surface area contributed by atoms with Crippen molar-refractivity contribution in [1.82, 2.24) is 9.71 Å². The summed E-state index contributed by atoms with van der Waals surface area (Å²) in [4.78, 5) is 3.02. The molecule has 0 saturated heterocycles. The Morgan fingerprint density at radius 2 is 2.29 bits per heavy atom. The molecule has 0 aliphatic rings. The molecule has 0 fully saturated rings. The molecule has 0 aliphatic carbocycles. The molecule has 0 unspecified atom stereocenters. The normalized spacial score (nSPS) is 11.9. The van der Waals surface area contributed by atoms with Crippen LogP contribution >= 0.6 is 0 Å². The van der Waals surface area contributed by atoms with Gasteiger partial charge in [-0.25, -0.2) is 13.1 Å². The second kappa shape index (κ2) is 6.75. The van der Waals surface area contributed by atoms with Gasteiger partial charge >= 0.3 is 0 Å². The molecule has 0 saturated carbocycles. The zero-order chi connectivity index (χ0) is 12.7. The fraction of sp³-hybridized carbons (Fsp3) is 0.600. The van der Waals surface area contributed by atoms with Gasteiger partial charge in [0.2, 0.25) is 10.0 Å². The Morgan fingerprint density at radius 1 is 1.53 bits per heavy atom. The topological polar surface area (TPSA) is 97.2 Å².